The Morgan fingerprint density at radius 1 is 1.26 bits per heavy atom. The van der Waals surface area contributed by atoms with Gasteiger partial charge in [-0.1, -0.05) is 23.7 Å². The smallest absolute Gasteiger partial charge is 0.268 e. The Hall–Kier alpha value is -2.37. The molecule has 1 heterocycles. The molecule has 0 spiro atoms. The third-order valence-corrected chi connectivity index (χ3v) is 5.18. The van der Waals surface area contributed by atoms with E-state index >= 15 is 0 Å². The normalized spacial score (nSPS) is 12.6. The number of carbonyl (C=O) groups excluding carboxylic acids is 1. The highest BCUT2D eigenvalue weighted by Crippen LogP contribution is 2.27. The minimum atomic E-state index is -0.285. The number of aromatic nitrogens is 1. The Labute approximate surface area is 163 Å². The summed E-state index contributed by atoms with van der Waals surface area (Å²) < 4.78 is 15.5. The van der Waals surface area contributed by atoms with Gasteiger partial charge < -0.3 is 14.8 Å². The van der Waals surface area contributed by atoms with Crippen LogP contribution in [0.5, 0.6) is 0 Å². The lowest BCUT2D eigenvalue weighted by atomic mass is 10.1. The maximum Gasteiger partial charge on any atom is 0.268 e. The van der Waals surface area contributed by atoms with Gasteiger partial charge in [-0.25, -0.2) is 4.39 Å². The molecule has 2 aromatic carbocycles. The lowest BCUT2D eigenvalue weighted by Gasteiger charge is -2.25. The molecule has 0 aliphatic carbocycles. The second-order valence-electron chi connectivity index (χ2n) is 6.94. The van der Waals surface area contributed by atoms with Crippen LogP contribution in [0.25, 0.3) is 10.9 Å². The van der Waals surface area contributed by atoms with Crippen molar-refractivity contribution in [3.8, 4) is 0 Å². The van der Waals surface area contributed by atoms with Crippen LogP contribution in [0.15, 0.2) is 42.5 Å². The highest BCUT2D eigenvalue weighted by Gasteiger charge is 2.21. The number of carbonyl (C=O) groups is 1. The number of nitrogens with zero attached hydrogens (tertiary/aromatic N) is 2. The first-order valence-electron chi connectivity index (χ1n) is 8.74. The number of hydrogen-bond donors (Lipinski definition) is 1. The van der Waals surface area contributed by atoms with Crippen molar-refractivity contribution in [2.75, 3.05) is 20.6 Å². The van der Waals surface area contributed by atoms with Gasteiger partial charge in [0.2, 0.25) is 0 Å². The van der Waals surface area contributed by atoms with Crippen molar-refractivity contribution < 1.29 is 9.18 Å². The summed E-state index contributed by atoms with van der Waals surface area (Å²) >= 11 is 6.10. The van der Waals surface area contributed by atoms with Crippen molar-refractivity contribution in [2.24, 2.45) is 7.05 Å². The van der Waals surface area contributed by atoms with Gasteiger partial charge in [-0.15, -0.1) is 0 Å². The Morgan fingerprint density at radius 3 is 2.67 bits per heavy atom. The number of fused-ring (bicyclic) bond motifs is 1. The van der Waals surface area contributed by atoms with E-state index in [0.717, 1.165) is 22.0 Å². The fourth-order valence-electron chi connectivity index (χ4n) is 3.51. The van der Waals surface area contributed by atoms with E-state index in [4.69, 9.17) is 11.6 Å². The lowest BCUT2D eigenvalue weighted by molar-refractivity contribution is 0.0933. The van der Waals surface area contributed by atoms with E-state index in [0.29, 0.717) is 17.3 Å². The number of benzene rings is 2. The van der Waals surface area contributed by atoms with Gasteiger partial charge in [0.25, 0.3) is 5.91 Å². The van der Waals surface area contributed by atoms with Gasteiger partial charge in [0.05, 0.1) is 6.04 Å². The van der Waals surface area contributed by atoms with Crippen molar-refractivity contribution in [1.82, 2.24) is 14.8 Å². The van der Waals surface area contributed by atoms with E-state index in [1.165, 1.54) is 12.1 Å². The third kappa shape index (κ3) is 3.84. The number of aryl methyl sites for hydroxylation is 2. The summed E-state index contributed by atoms with van der Waals surface area (Å²) in [6.07, 6.45) is 0. The van der Waals surface area contributed by atoms with E-state index < -0.39 is 0 Å². The molecule has 0 fully saturated rings. The number of halogens is 2. The summed E-state index contributed by atoms with van der Waals surface area (Å²) in [7, 11) is 5.69. The number of hydrogen-bond acceptors (Lipinski definition) is 2. The van der Waals surface area contributed by atoms with Crippen LogP contribution < -0.4 is 5.32 Å². The van der Waals surface area contributed by atoms with Crippen molar-refractivity contribution in [2.45, 2.75) is 13.0 Å². The van der Waals surface area contributed by atoms with E-state index in [9.17, 15) is 9.18 Å². The van der Waals surface area contributed by atoms with Crippen LogP contribution in [0.3, 0.4) is 0 Å². The molecule has 27 heavy (non-hydrogen) atoms. The zero-order valence-corrected chi connectivity index (χ0v) is 16.6. The summed E-state index contributed by atoms with van der Waals surface area (Å²) in [5, 5.41) is 4.60. The summed E-state index contributed by atoms with van der Waals surface area (Å²) in [5.74, 6) is -0.447. The Morgan fingerprint density at radius 2 is 2.00 bits per heavy atom. The van der Waals surface area contributed by atoms with Crippen LogP contribution in [-0.2, 0) is 7.05 Å². The second kappa shape index (κ2) is 7.71. The molecule has 0 unspecified atom stereocenters. The van der Waals surface area contributed by atoms with Crippen LogP contribution in [-0.4, -0.2) is 36.0 Å². The Bertz CT molecular complexity index is 997. The topological polar surface area (TPSA) is 37.3 Å². The molecule has 0 aliphatic rings. The van der Waals surface area contributed by atoms with Gasteiger partial charge in [-0.2, -0.15) is 0 Å². The lowest BCUT2D eigenvalue weighted by Crippen LogP contribution is -2.35. The van der Waals surface area contributed by atoms with Crippen LogP contribution in [0.1, 0.15) is 27.7 Å². The molecule has 0 saturated heterocycles. The van der Waals surface area contributed by atoms with Gasteiger partial charge in [-0.3, -0.25) is 4.79 Å². The number of rotatable bonds is 5. The Kier molecular flexibility index (Phi) is 5.53. The summed E-state index contributed by atoms with van der Waals surface area (Å²) in [6, 6.07) is 11.9. The molecule has 6 heteroatoms. The molecular weight excluding hydrogens is 365 g/mol. The van der Waals surface area contributed by atoms with E-state index in [1.54, 1.807) is 6.07 Å². The zero-order chi connectivity index (χ0) is 19.7. The number of likely N-dealkylation sites (N-methyl/N-ethyl adjacent to an activating group) is 1. The van der Waals surface area contributed by atoms with Gasteiger partial charge in [0, 0.05) is 29.5 Å². The molecule has 0 bridgehead atoms. The van der Waals surface area contributed by atoms with Gasteiger partial charge >= 0.3 is 0 Å². The first kappa shape index (κ1) is 19.4. The largest absolute Gasteiger partial charge is 0.349 e. The molecule has 1 aromatic heterocycles. The predicted octanol–water partition coefficient (Wildman–Crippen LogP) is 4.31. The minimum Gasteiger partial charge on any atom is -0.349 e. The molecule has 0 saturated carbocycles. The molecule has 1 amide bonds. The van der Waals surface area contributed by atoms with Gasteiger partial charge in [-0.05, 0) is 62.5 Å². The van der Waals surface area contributed by atoms with E-state index in [2.05, 4.69) is 5.32 Å². The standard InChI is InChI=1S/C21H23ClFN3O/c1-13-17-11-15(22)8-9-18(17)26(4)20(13)21(27)24-12-19(25(2)3)14-6-5-7-16(23)10-14/h5-11,19H,12H2,1-4H3,(H,24,27)/t19-/m1/s1. The molecular formula is C21H23ClFN3O. The molecule has 142 valence electrons. The molecule has 3 rings (SSSR count). The monoisotopic (exact) mass is 387 g/mol. The predicted molar refractivity (Wildman–Crippen MR) is 108 cm³/mol. The van der Waals surface area contributed by atoms with Gasteiger partial charge in [0.15, 0.2) is 0 Å². The average Bonchev–Trinajstić information content (AvgIpc) is 2.85. The maximum atomic E-state index is 13.6. The minimum absolute atomic E-state index is 0.130. The first-order valence-corrected chi connectivity index (χ1v) is 9.12. The molecule has 0 aliphatic heterocycles. The maximum absolute atomic E-state index is 13.6. The Balaban J connectivity index is 1.86. The van der Waals surface area contributed by atoms with Crippen molar-refractivity contribution in [3.63, 3.8) is 0 Å². The summed E-state index contributed by atoms with van der Waals surface area (Å²) in [6.45, 7) is 2.29. The quantitative estimate of drug-likeness (QED) is 0.708. The summed E-state index contributed by atoms with van der Waals surface area (Å²) in [5.41, 5.74) is 3.26. The first-order chi connectivity index (χ1) is 12.8. The fourth-order valence-corrected chi connectivity index (χ4v) is 3.68. The SMILES string of the molecule is Cc1c(C(=O)NC[C@H](c2cccc(F)c2)N(C)C)n(C)c2ccc(Cl)cc12. The van der Waals surface area contributed by atoms with Crippen molar-refractivity contribution in [1.29, 1.82) is 0 Å². The van der Waals surface area contributed by atoms with Crippen molar-refractivity contribution >= 4 is 28.4 Å². The molecule has 3 aromatic rings. The zero-order valence-electron chi connectivity index (χ0n) is 15.9. The van der Waals surface area contributed by atoms with Crippen LogP contribution in [0, 0.1) is 12.7 Å². The summed E-state index contributed by atoms with van der Waals surface area (Å²) in [4.78, 5) is 14.9. The molecule has 4 nitrogen and oxygen atoms in total. The fraction of sp³-hybridized carbons (Fsp3) is 0.286. The number of amides is 1. The van der Waals surface area contributed by atoms with Crippen LogP contribution in [0.2, 0.25) is 5.02 Å². The van der Waals surface area contributed by atoms with E-state index in [-0.39, 0.29) is 17.8 Å². The van der Waals surface area contributed by atoms with Crippen molar-refractivity contribution in [3.05, 3.63) is 70.1 Å². The number of nitrogens with one attached hydrogen (secondary N) is 1. The van der Waals surface area contributed by atoms with Crippen LogP contribution in [0.4, 0.5) is 4.39 Å². The average molecular weight is 388 g/mol. The van der Waals surface area contributed by atoms with Crippen LogP contribution >= 0.6 is 11.6 Å². The van der Waals surface area contributed by atoms with Gasteiger partial charge in [0.1, 0.15) is 11.5 Å². The highest BCUT2D eigenvalue weighted by atomic mass is 35.5. The molecule has 1 N–H and O–H groups in total. The molecule has 1 atom stereocenters. The highest BCUT2D eigenvalue weighted by molar-refractivity contribution is 6.31. The molecule has 0 radical (unpaired) electrons. The second-order valence-corrected chi connectivity index (χ2v) is 7.37. The van der Waals surface area contributed by atoms with E-state index in [1.807, 2.05) is 61.8 Å². The third-order valence-electron chi connectivity index (χ3n) is 4.94.